The summed E-state index contributed by atoms with van der Waals surface area (Å²) in [4.78, 5) is 13.7. The normalized spacial score (nSPS) is 20.8. The second kappa shape index (κ2) is 4.81. The SMILES string of the molecule is Cc1cc(N2CCC(=O)CC2C)cc(C)c1Br. The van der Waals surface area contributed by atoms with Crippen LogP contribution in [-0.2, 0) is 4.79 Å². The zero-order valence-corrected chi connectivity index (χ0v) is 12.2. The van der Waals surface area contributed by atoms with Crippen LogP contribution in [0.25, 0.3) is 0 Å². The summed E-state index contributed by atoms with van der Waals surface area (Å²) in [5.74, 6) is 0.388. The van der Waals surface area contributed by atoms with E-state index < -0.39 is 0 Å². The van der Waals surface area contributed by atoms with Gasteiger partial charge in [-0.3, -0.25) is 4.79 Å². The second-order valence-corrected chi connectivity index (χ2v) is 5.72. The van der Waals surface area contributed by atoms with Gasteiger partial charge in [-0.2, -0.15) is 0 Å². The number of nitrogens with zero attached hydrogens (tertiary/aromatic N) is 1. The van der Waals surface area contributed by atoms with E-state index in [9.17, 15) is 4.79 Å². The molecule has 0 aliphatic carbocycles. The highest BCUT2D eigenvalue weighted by Crippen LogP contribution is 2.30. The fraction of sp³-hybridized carbons (Fsp3) is 0.500. The summed E-state index contributed by atoms with van der Waals surface area (Å²) >= 11 is 3.59. The molecule has 0 N–H and O–H groups in total. The second-order valence-electron chi connectivity index (χ2n) is 4.93. The van der Waals surface area contributed by atoms with Crippen LogP contribution in [0.5, 0.6) is 0 Å². The molecule has 1 saturated heterocycles. The van der Waals surface area contributed by atoms with Gasteiger partial charge in [0, 0.05) is 35.6 Å². The van der Waals surface area contributed by atoms with Gasteiger partial charge >= 0.3 is 0 Å². The fourth-order valence-corrected chi connectivity index (χ4v) is 2.71. The van der Waals surface area contributed by atoms with E-state index in [0.29, 0.717) is 24.7 Å². The van der Waals surface area contributed by atoms with Crippen LogP contribution < -0.4 is 4.90 Å². The Morgan fingerprint density at radius 1 is 1.29 bits per heavy atom. The van der Waals surface area contributed by atoms with Crippen LogP contribution in [-0.4, -0.2) is 18.4 Å². The Labute approximate surface area is 111 Å². The van der Waals surface area contributed by atoms with Crippen molar-refractivity contribution in [3.8, 4) is 0 Å². The van der Waals surface area contributed by atoms with Gasteiger partial charge in [0.05, 0.1) is 0 Å². The summed E-state index contributed by atoms with van der Waals surface area (Å²) < 4.78 is 1.18. The molecule has 0 spiro atoms. The molecule has 1 heterocycles. The average molecular weight is 296 g/mol. The van der Waals surface area contributed by atoms with Crippen molar-refractivity contribution in [2.75, 3.05) is 11.4 Å². The van der Waals surface area contributed by atoms with Crippen molar-refractivity contribution in [3.05, 3.63) is 27.7 Å². The lowest BCUT2D eigenvalue weighted by Crippen LogP contribution is -2.41. The Balaban J connectivity index is 2.31. The summed E-state index contributed by atoms with van der Waals surface area (Å²) in [6.45, 7) is 7.20. The lowest BCUT2D eigenvalue weighted by atomic mass is 10.0. The largest absolute Gasteiger partial charge is 0.368 e. The Kier molecular flexibility index (Phi) is 3.57. The molecule has 1 aliphatic heterocycles. The van der Waals surface area contributed by atoms with Gasteiger partial charge in [-0.15, -0.1) is 0 Å². The molecule has 1 unspecified atom stereocenters. The molecule has 0 saturated carbocycles. The Bertz CT molecular complexity index is 433. The number of hydrogen-bond acceptors (Lipinski definition) is 2. The molecule has 1 aromatic rings. The van der Waals surface area contributed by atoms with Crippen LogP contribution in [0.1, 0.15) is 30.9 Å². The summed E-state index contributed by atoms with van der Waals surface area (Å²) in [5.41, 5.74) is 3.75. The number of rotatable bonds is 1. The highest BCUT2D eigenvalue weighted by Gasteiger charge is 2.24. The Morgan fingerprint density at radius 3 is 2.41 bits per heavy atom. The molecular weight excluding hydrogens is 278 g/mol. The molecule has 0 aromatic heterocycles. The van der Waals surface area contributed by atoms with E-state index in [-0.39, 0.29) is 0 Å². The summed E-state index contributed by atoms with van der Waals surface area (Å²) in [6, 6.07) is 4.71. The molecular formula is C14H18BrNO. The van der Waals surface area contributed by atoms with Gasteiger partial charge in [-0.05, 0) is 44.0 Å². The molecule has 0 bridgehead atoms. The van der Waals surface area contributed by atoms with Crippen molar-refractivity contribution < 1.29 is 4.79 Å². The molecule has 2 nitrogen and oxygen atoms in total. The number of Topliss-reactive ketones (excluding diaryl/α,β-unsaturated/α-hetero) is 1. The lowest BCUT2D eigenvalue weighted by molar-refractivity contribution is -0.120. The number of aryl methyl sites for hydroxylation is 2. The third kappa shape index (κ3) is 2.54. The molecule has 0 radical (unpaired) electrons. The number of benzene rings is 1. The maximum Gasteiger partial charge on any atom is 0.136 e. The molecule has 2 rings (SSSR count). The van der Waals surface area contributed by atoms with Crippen LogP contribution >= 0.6 is 15.9 Å². The number of ketones is 1. The van der Waals surface area contributed by atoms with E-state index in [2.05, 4.69) is 53.7 Å². The number of anilines is 1. The number of carbonyl (C=O) groups excluding carboxylic acids is 1. The van der Waals surface area contributed by atoms with E-state index in [1.807, 2.05) is 0 Å². The summed E-state index contributed by atoms with van der Waals surface area (Å²) in [7, 11) is 0. The van der Waals surface area contributed by atoms with E-state index in [1.165, 1.54) is 21.3 Å². The quantitative estimate of drug-likeness (QED) is 0.789. The van der Waals surface area contributed by atoms with E-state index in [0.717, 1.165) is 6.54 Å². The molecule has 1 aromatic carbocycles. The van der Waals surface area contributed by atoms with Gasteiger partial charge in [0.25, 0.3) is 0 Å². The smallest absolute Gasteiger partial charge is 0.136 e. The molecule has 1 atom stereocenters. The minimum atomic E-state index is 0.316. The van der Waals surface area contributed by atoms with E-state index in [4.69, 9.17) is 0 Å². The zero-order chi connectivity index (χ0) is 12.6. The van der Waals surface area contributed by atoms with Gasteiger partial charge in [0.2, 0.25) is 0 Å². The first kappa shape index (κ1) is 12.6. The van der Waals surface area contributed by atoms with Crippen LogP contribution in [0.3, 0.4) is 0 Å². The van der Waals surface area contributed by atoms with Crippen LogP contribution in [0.15, 0.2) is 16.6 Å². The molecule has 3 heteroatoms. The third-order valence-electron chi connectivity index (χ3n) is 3.44. The molecule has 92 valence electrons. The average Bonchev–Trinajstić information content (AvgIpc) is 2.25. The van der Waals surface area contributed by atoms with Gasteiger partial charge in [-0.1, -0.05) is 15.9 Å². The first-order chi connectivity index (χ1) is 7.99. The van der Waals surface area contributed by atoms with Crippen molar-refractivity contribution in [3.63, 3.8) is 0 Å². The standard InChI is InChI=1S/C14H18BrNO/c1-9-6-12(7-10(2)14(9)15)16-5-4-13(17)8-11(16)3/h6-7,11H,4-5,8H2,1-3H3. The fourth-order valence-electron chi connectivity index (χ4n) is 2.48. The maximum absolute atomic E-state index is 11.4. The Hall–Kier alpha value is -0.830. The molecule has 1 fully saturated rings. The monoisotopic (exact) mass is 295 g/mol. The van der Waals surface area contributed by atoms with E-state index >= 15 is 0 Å². The highest BCUT2D eigenvalue weighted by atomic mass is 79.9. The van der Waals surface area contributed by atoms with Gasteiger partial charge in [0.15, 0.2) is 0 Å². The first-order valence-electron chi connectivity index (χ1n) is 6.04. The van der Waals surface area contributed by atoms with Crippen molar-refractivity contribution in [1.29, 1.82) is 0 Å². The van der Waals surface area contributed by atoms with Crippen molar-refractivity contribution in [1.82, 2.24) is 0 Å². The predicted molar refractivity (Wildman–Crippen MR) is 74.7 cm³/mol. The van der Waals surface area contributed by atoms with Gasteiger partial charge in [-0.25, -0.2) is 0 Å². The number of piperidine rings is 1. The first-order valence-corrected chi connectivity index (χ1v) is 6.83. The van der Waals surface area contributed by atoms with Crippen LogP contribution in [0.2, 0.25) is 0 Å². The van der Waals surface area contributed by atoms with Crippen LogP contribution in [0, 0.1) is 13.8 Å². The third-order valence-corrected chi connectivity index (χ3v) is 4.69. The maximum atomic E-state index is 11.4. The van der Waals surface area contributed by atoms with Crippen molar-refractivity contribution in [2.24, 2.45) is 0 Å². The lowest BCUT2D eigenvalue weighted by Gasteiger charge is -2.35. The number of halogens is 1. The predicted octanol–water partition coefficient (Wildman–Crippen LogP) is 3.62. The highest BCUT2D eigenvalue weighted by molar-refractivity contribution is 9.10. The molecule has 1 aliphatic rings. The molecule has 0 amide bonds. The minimum Gasteiger partial charge on any atom is -0.368 e. The van der Waals surface area contributed by atoms with Crippen molar-refractivity contribution in [2.45, 2.75) is 39.7 Å². The zero-order valence-electron chi connectivity index (χ0n) is 10.6. The van der Waals surface area contributed by atoms with Crippen molar-refractivity contribution >= 4 is 27.4 Å². The van der Waals surface area contributed by atoms with E-state index in [1.54, 1.807) is 0 Å². The van der Waals surface area contributed by atoms with Crippen LogP contribution in [0.4, 0.5) is 5.69 Å². The number of hydrogen-bond donors (Lipinski definition) is 0. The summed E-state index contributed by atoms with van der Waals surface area (Å²) in [6.07, 6.45) is 1.35. The van der Waals surface area contributed by atoms with Gasteiger partial charge < -0.3 is 4.90 Å². The van der Waals surface area contributed by atoms with Gasteiger partial charge in [0.1, 0.15) is 5.78 Å². The number of carbonyl (C=O) groups is 1. The molecule has 17 heavy (non-hydrogen) atoms. The minimum absolute atomic E-state index is 0.316. The topological polar surface area (TPSA) is 20.3 Å². The Morgan fingerprint density at radius 2 is 1.88 bits per heavy atom. The summed E-state index contributed by atoms with van der Waals surface area (Å²) in [5, 5.41) is 0.